The van der Waals surface area contributed by atoms with Gasteiger partial charge in [-0.25, -0.2) is 0 Å². The molecule has 0 aromatic heterocycles. The number of carboxylic acid groups (broad SMARTS) is 1. The molecule has 0 saturated carbocycles. The first-order chi connectivity index (χ1) is 4.63. The molecular formula is C5H9NO3S. The SMILES string of the molecule is CCC(C(=O)O)C(=O)NS. The van der Waals surface area contributed by atoms with Gasteiger partial charge in [-0.3, -0.25) is 9.59 Å². The van der Waals surface area contributed by atoms with E-state index in [1.54, 1.807) is 6.92 Å². The number of rotatable bonds is 3. The zero-order valence-electron chi connectivity index (χ0n) is 5.50. The third-order valence-electron chi connectivity index (χ3n) is 1.13. The maximum absolute atomic E-state index is 10.6. The van der Waals surface area contributed by atoms with E-state index in [9.17, 15) is 9.59 Å². The zero-order chi connectivity index (χ0) is 8.15. The average Bonchev–Trinajstić information content (AvgIpc) is 1.88. The van der Waals surface area contributed by atoms with E-state index < -0.39 is 17.8 Å². The number of hydrogen-bond acceptors (Lipinski definition) is 3. The molecule has 0 bridgehead atoms. The van der Waals surface area contributed by atoms with Crippen LogP contribution in [0.2, 0.25) is 0 Å². The standard InChI is InChI=1S/C5H9NO3S/c1-2-3(5(8)9)4(7)6-10/h3,10H,2H2,1H3,(H,6,7)(H,8,9). The van der Waals surface area contributed by atoms with Gasteiger partial charge in [-0.2, -0.15) is 0 Å². The molecule has 0 spiro atoms. The third kappa shape index (κ3) is 2.26. The van der Waals surface area contributed by atoms with Crippen LogP contribution in [0.5, 0.6) is 0 Å². The largest absolute Gasteiger partial charge is 0.481 e. The molecule has 4 nitrogen and oxygen atoms in total. The van der Waals surface area contributed by atoms with E-state index in [0.717, 1.165) is 0 Å². The molecule has 58 valence electrons. The fraction of sp³-hybridized carbons (Fsp3) is 0.600. The minimum absolute atomic E-state index is 0.279. The van der Waals surface area contributed by atoms with Crippen molar-refractivity contribution in [3.63, 3.8) is 0 Å². The topological polar surface area (TPSA) is 66.4 Å². The van der Waals surface area contributed by atoms with Crippen molar-refractivity contribution in [3.8, 4) is 0 Å². The number of thiol groups is 1. The van der Waals surface area contributed by atoms with Crippen molar-refractivity contribution in [2.24, 2.45) is 5.92 Å². The van der Waals surface area contributed by atoms with E-state index in [1.165, 1.54) is 0 Å². The summed E-state index contributed by atoms with van der Waals surface area (Å²) in [6.07, 6.45) is 0.279. The van der Waals surface area contributed by atoms with E-state index in [1.807, 2.05) is 4.72 Å². The minimum Gasteiger partial charge on any atom is -0.481 e. The second kappa shape index (κ2) is 4.16. The van der Waals surface area contributed by atoms with Gasteiger partial charge in [0.1, 0.15) is 5.92 Å². The lowest BCUT2D eigenvalue weighted by molar-refractivity contribution is -0.146. The van der Waals surface area contributed by atoms with Gasteiger partial charge >= 0.3 is 5.97 Å². The second-order valence-corrected chi connectivity index (χ2v) is 2.00. The summed E-state index contributed by atoms with van der Waals surface area (Å²) in [6.45, 7) is 1.63. The molecule has 0 radical (unpaired) electrons. The first-order valence-electron chi connectivity index (χ1n) is 2.80. The highest BCUT2D eigenvalue weighted by molar-refractivity contribution is 7.78. The summed E-state index contributed by atoms with van der Waals surface area (Å²) in [7, 11) is 0. The van der Waals surface area contributed by atoms with Crippen LogP contribution in [0.3, 0.4) is 0 Å². The Labute approximate surface area is 64.2 Å². The van der Waals surface area contributed by atoms with Crippen LogP contribution in [0.1, 0.15) is 13.3 Å². The lowest BCUT2D eigenvalue weighted by atomic mass is 10.1. The first-order valence-corrected chi connectivity index (χ1v) is 3.25. The Morgan fingerprint density at radius 2 is 2.20 bits per heavy atom. The molecule has 1 amide bonds. The summed E-state index contributed by atoms with van der Waals surface area (Å²) < 4.78 is 1.97. The van der Waals surface area contributed by atoms with Gasteiger partial charge in [0.05, 0.1) is 0 Å². The lowest BCUT2D eigenvalue weighted by Crippen LogP contribution is -2.29. The van der Waals surface area contributed by atoms with Gasteiger partial charge in [0.25, 0.3) is 0 Å². The van der Waals surface area contributed by atoms with Crippen molar-refractivity contribution in [3.05, 3.63) is 0 Å². The normalized spacial score (nSPS) is 12.2. The lowest BCUT2D eigenvalue weighted by Gasteiger charge is -2.05. The Kier molecular flexibility index (Phi) is 3.87. The summed E-state index contributed by atoms with van der Waals surface area (Å²) in [5.74, 6) is -2.66. The van der Waals surface area contributed by atoms with E-state index in [2.05, 4.69) is 12.8 Å². The molecule has 5 heteroatoms. The number of amides is 1. The average molecular weight is 163 g/mol. The van der Waals surface area contributed by atoms with E-state index >= 15 is 0 Å². The van der Waals surface area contributed by atoms with Gasteiger partial charge < -0.3 is 9.83 Å². The van der Waals surface area contributed by atoms with Crippen molar-refractivity contribution in [1.82, 2.24) is 4.72 Å². The molecule has 0 rings (SSSR count). The zero-order valence-corrected chi connectivity index (χ0v) is 6.39. The monoisotopic (exact) mass is 163 g/mol. The molecule has 2 N–H and O–H groups in total. The Bertz CT molecular complexity index is 148. The Hall–Kier alpha value is -0.710. The second-order valence-electron chi connectivity index (χ2n) is 1.78. The van der Waals surface area contributed by atoms with Crippen LogP contribution in [0.25, 0.3) is 0 Å². The molecule has 10 heavy (non-hydrogen) atoms. The summed E-state index contributed by atoms with van der Waals surface area (Å²) in [4.78, 5) is 20.9. The van der Waals surface area contributed by atoms with Gasteiger partial charge in [-0.15, -0.1) is 0 Å². The highest BCUT2D eigenvalue weighted by Gasteiger charge is 2.22. The van der Waals surface area contributed by atoms with Gasteiger partial charge in [-0.1, -0.05) is 19.7 Å². The fourth-order valence-electron chi connectivity index (χ4n) is 0.550. The number of carboxylic acids is 1. The Balaban J connectivity index is 4.06. The Morgan fingerprint density at radius 3 is 2.30 bits per heavy atom. The predicted molar refractivity (Wildman–Crippen MR) is 38.5 cm³/mol. The van der Waals surface area contributed by atoms with Crippen LogP contribution in [0, 0.1) is 5.92 Å². The van der Waals surface area contributed by atoms with Crippen LogP contribution < -0.4 is 4.72 Å². The molecule has 0 aromatic carbocycles. The van der Waals surface area contributed by atoms with Gasteiger partial charge in [0.2, 0.25) is 5.91 Å². The highest BCUT2D eigenvalue weighted by atomic mass is 32.1. The van der Waals surface area contributed by atoms with Crippen molar-refractivity contribution < 1.29 is 14.7 Å². The summed E-state index contributed by atoms with van der Waals surface area (Å²) in [5, 5.41) is 8.38. The van der Waals surface area contributed by atoms with E-state index in [0.29, 0.717) is 0 Å². The van der Waals surface area contributed by atoms with Crippen LogP contribution in [0.4, 0.5) is 0 Å². The maximum atomic E-state index is 10.6. The first kappa shape index (κ1) is 9.29. The van der Waals surface area contributed by atoms with Crippen molar-refractivity contribution in [1.29, 1.82) is 0 Å². The predicted octanol–water partition coefficient (Wildman–Crippen LogP) is 0.0582. The number of carbonyl (C=O) groups is 2. The van der Waals surface area contributed by atoms with Crippen LogP contribution in [-0.2, 0) is 9.59 Å². The number of nitrogens with one attached hydrogen (secondary N) is 1. The quantitative estimate of drug-likeness (QED) is 0.407. The van der Waals surface area contributed by atoms with E-state index in [-0.39, 0.29) is 6.42 Å². The van der Waals surface area contributed by atoms with Crippen LogP contribution in [0.15, 0.2) is 0 Å². The van der Waals surface area contributed by atoms with Gasteiger partial charge in [0, 0.05) is 0 Å². The third-order valence-corrected chi connectivity index (χ3v) is 1.35. The molecule has 0 aliphatic carbocycles. The number of hydrogen-bond donors (Lipinski definition) is 3. The molecule has 0 aromatic rings. The maximum Gasteiger partial charge on any atom is 0.316 e. The van der Waals surface area contributed by atoms with Crippen LogP contribution in [-0.4, -0.2) is 17.0 Å². The molecule has 1 unspecified atom stereocenters. The van der Waals surface area contributed by atoms with Gasteiger partial charge in [-0.05, 0) is 6.42 Å². The molecule has 1 atom stereocenters. The molecule has 0 fully saturated rings. The van der Waals surface area contributed by atoms with E-state index in [4.69, 9.17) is 5.11 Å². The molecule has 0 aliphatic heterocycles. The molecule has 0 saturated heterocycles. The summed E-state index contributed by atoms with van der Waals surface area (Å²) >= 11 is 3.44. The summed E-state index contributed by atoms with van der Waals surface area (Å²) in [5.41, 5.74) is 0. The smallest absolute Gasteiger partial charge is 0.316 e. The van der Waals surface area contributed by atoms with Crippen molar-refractivity contribution in [2.45, 2.75) is 13.3 Å². The van der Waals surface area contributed by atoms with Gasteiger partial charge in [0.15, 0.2) is 0 Å². The minimum atomic E-state index is -1.12. The fourth-order valence-corrected chi connectivity index (χ4v) is 0.706. The van der Waals surface area contributed by atoms with Crippen molar-refractivity contribution >= 4 is 24.7 Å². The Morgan fingerprint density at radius 1 is 1.70 bits per heavy atom. The molecular weight excluding hydrogens is 154 g/mol. The molecule has 0 aliphatic rings. The number of aliphatic carboxylic acids is 1. The van der Waals surface area contributed by atoms with Crippen LogP contribution >= 0.6 is 12.8 Å². The molecule has 0 heterocycles. The van der Waals surface area contributed by atoms with Crippen molar-refractivity contribution in [2.75, 3.05) is 0 Å². The highest BCUT2D eigenvalue weighted by Crippen LogP contribution is 2.02. The summed E-state index contributed by atoms with van der Waals surface area (Å²) in [6, 6.07) is 0. The number of carbonyl (C=O) groups excluding carboxylic acids is 1.